The summed E-state index contributed by atoms with van der Waals surface area (Å²) in [6.07, 6.45) is 1.44. The van der Waals surface area contributed by atoms with Crippen molar-refractivity contribution in [2.75, 3.05) is 18.0 Å². The summed E-state index contributed by atoms with van der Waals surface area (Å²) in [5, 5.41) is 0.141. The second-order valence-electron chi connectivity index (χ2n) is 3.77. The van der Waals surface area contributed by atoms with E-state index < -0.39 is 0 Å². The Bertz CT molecular complexity index is 412. The number of H-pyrrole nitrogens is 1. The highest BCUT2D eigenvalue weighted by Crippen LogP contribution is 2.26. The Hall–Kier alpha value is -0.300. The van der Waals surface area contributed by atoms with E-state index in [2.05, 4.69) is 21.8 Å². The molecule has 2 rings (SSSR count). The van der Waals surface area contributed by atoms with E-state index in [0.29, 0.717) is 9.49 Å². The summed E-state index contributed by atoms with van der Waals surface area (Å²) in [5.74, 6) is 1.18. The molecule has 2 heterocycles. The molecule has 2 unspecified atom stereocenters. The molecule has 4 nitrogen and oxygen atoms in total. The van der Waals surface area contributed by atoms with Gasteiger partial charge < -0.3 is 9.88 Å². The summed E-state index contributed by atoms with van der Waals surface area (Å²) >= 11 is 8.16. The van der Waals surface area contributed by atoms with Crippen LogP contribution in [-0.4, -0.2) is 28.4 Å². The van der Waals surface area contributed by atoms with Crippen LogP contribution in [-0.2, 0) is 0 Å². The van der Waals surface area contributed by atoms with Gasteiger partial charge in [0, 0.05) is 13.1 Å². The molecule has 1 aromatic rings. The van der Waals surface area contributed by atoms with Crippen molar-refractivity contribution >= 4 is 40.0 Å². The average Bonchev–Trinajstić information content (AvgIpc) is 2.51. The minimum absolute atomic E-state index is 0.0914. The quantitative estimate of drug-likeness (QED) is 0.622. The van der Waals surface area contributed by atoms with Crippen LogP contribution in [0.5, 0.6) is 0 Å². The Labute approximate surface area is 106 Å². The molecule has 0 bridgehead atoms. The van der Waals surface area contributed by atoms with Crippen molar-refractivity contribution in [3.05, 3.63) is 20.3 Å². The lowest BCUT2D eigenvalue weighted by Crippen LogP contribution is -2.25. The fraction of sp³-hybridized carbons (Fsp3) is 0.556. The Morgan fingerprint density at radius 3 is 3.00 bits per heavy atom. The standard InChI is InChI=1S/C9H11ClIN3O/c1-5-2-14(3-6(5)10)8-7(11)9(15)13-4-12-8/h4-6H,2-3H2,1H3,(H,12,13,15). The highest BCUT2D eigenvalue weighted by molar-refractivity contribution is 14.1. The minimum atomic E-state index is -0.0914. The van der Waals surface area contributed by atoms with Gasteiger partial charge in [0.2, 0.25) is 0 Å². The molecule has 82 valence electrons. The summed E-state index contributed by atoms with van der Waals surface area (Å²) in [4.78, 5) is 20.2. The average molecular weight is 340 g/mol. The number of nitrogens with zero attached hydrogens (tertiary/aromatic N) is 2. The topological polar surface area (TPSA) is 49.0 Å². The lowest BCUT2D eigenvalue weighted by atomic mass is 10.2. The monoisotopic (exact) mass is 339 g/mol. The second kappa shape index (κ2) is 4.29. The SMILES string of the molecule is CC1CN(c2nc[nH]c(=O)c2I)CC1Cl. The smallest absolute Gasteiger partial charge is 0.266 e. The summed E-state index contributed by atoms with van der Waals surface area (Å²) in [7, 11) is 0. The Balaban J connectivity index is 2.32. The summed E-state index contributed by atoms with van der Waals surface area (Å²) in [6, 6.07) is 0. The molecule has 0 aromatic carbocycles. The van der Waals surface area contributed by atoms with E-state index in [0.717, 1.165) is 18.9 Å². The number of hydrogen-bond acceptors (Lipinski definition) is 3. The van der Waals surface area contributed by atoms with Gasteiger partial charge in [-0.15, -0.1) is 11.6 Å². The molecule has 0 radical (unpaired) electrons. The zero-order valence-electron chi connectivity index (χ0n) is 8.20. The molecule has 2 atom stereocenters. The molecule has 0 saturated carbocycles. The second-order valence-corrected chi connectivity index (χ2v) is 5.41. The summed E-state index contributed by atoms with van der Waals surface area (Å²) in [6.45, 7) is 3.73. The minimum Gasteiger partial charge on any atom is -0.354 e. The van der Waals surface area contributed by atoms with Crippen LogP contribution in [0.4, 0.5) is 5.82 Å². The Kier molecular flexibility index (Phi) is 3.20. The van der Waals surface area contributed by atoms with E-state index in [1.54, 1.807) is 0 Å². The predicted molar refractivity (Wildman–Crippen MR) is 68.6 cm³/mol. The maximum absolute atomic E-state index is 11.4. The molecular weight excluding hydrogens is 328 g/mol. The van der Waals surface area contributed by atoms with Crippen LogP contribution in [0.2, 0.25) is 0 Å². The molecule has 15 heavy (non-hydrogen) atoms. The van der Waals surface area contributed by atoms with Crippen LogP contribution in [0.3, 0.4) is 0 Å². The number of nitrogens with one attached hydrogen (secondary N) is 1. The van der Waals surface area contributed by atoms with Crippen molar-refractivity contribution < 1.29 is 0 Å². The van der Waals surface area contributed by atoms with Crippen molar-refractivity contribution in [2.45, 2.75) is 12.3 Å². The molecule has 1 aliphatic heterocycles. The van der Waals surface area contributed by atoms with Gasteiger partial charge in [0.05, 0.1) is 11.7 Å². The number of anilines is 1. The van der Waals surface area contributed by atoms with Crippen molar-refractivity contribution in [3.63, 3.8) is 0 Å². The van der Waals surface area contributed by atoms with Gasteiger partial charge in [-0.2, -0.15) is 0 Å². The number of alkyl halides is 1. The number of aromatic amines is 1. The fourth-order valence-electron chi connectivity index (χ4n) is 1.69. The van der Waals surface area contributed by atoms with Crippen LogP contribution >= 0.6 is 34.2 Å². The third kappa shape index (κ3) is 2.13. The first kappa shape index (κ1) is 11.2. The van der Waals surface area contributed by atoms with E-state index >= 15 is 0 Å². The Morgan fingerprint density at radius 2 is 2.40 bits per heavy atom. The largest absolute Gasteiger partial charge is 0.354 e. The number of halogens is 2. The molecule has 1 aromatic heterocycles. The molecule has 0 amide bonds. The van der Waals surface area contributed by atoms with Gasteiger partial charge in [0.25, 0.3) is 5.56 Å². The van der Waals surface area contributed by atoms with E-state index in [1.807, 2.05) is 22.6 Å². The lowest BCUT2D eigenvalue weighted by Gasteiger charge is -2.17. The normalized spacial score (nSPS) is 25.9. The van der Waals surface area contributed by atoms with Crippen LogP contribution in [0.25, 0.3) is 0 Å². The van der Waals surface area contributed by atoms with Crippen molar-refractivity contribution in [3.8, 4) is 0 Å². The first-order valence-electron chi connectivity index (χ1n) is 4.72. The maximum Gasteiger partial charge on any atom is 0.266 e. The van der Waals surface area contributed by atoms with E-state index in [1.165, 1.54) is 6.33 Å². The first-order chi connectivity index (χ1) is 7.09. The van der Waals surface area contributed by atoms with Crippen molar-refractivity contribution in [1.29, 1.82) is 0 Å². The zero-order valence-corrected chi connectivity index (χ0v) is 11.1. The fourth-order valence-corrected chi connectivity index (χ4v) is 2.58. The first-order valence-corrected chi connectivity index (χ1v) is 6.23. The molecular formula is C9H11ClIN3O. The number of rotatable bonds is 1. The van der Waals surface area contributed by atoms with Gasteiger partial charge in [0.1, 0.15) is 9.39 Å². The van der Waals surface area contributed by atoms with Gasteiger partial charge >= 0.3 is 0 Å². The summed E-state index contributed by atoms with van der Waals surface area (Å²) < 4.78 is 0.632. The Morgan fingerprint density at radius 1 is 1.67 bits per heavy atom. The van der Waals surface area contributed by atoms with Gasteiger partial charge in [-0.3, -0.25) is 4.79 Å². The van der Waals surface area contributed by atoms with Crippen LogP contribution in [0, 0.1) is 9.49 Å². The molecule has 1 aliphatic rings. The van der Waals surface area contributed by atoms with Crippen molar-refractivity contribution in [1.82, 2.24) is 9.97 Å². The molecule has 1 saturated heterocycles. The van der Waals surface area contributed by atoms with Gasteiger partial charge in [0.15, 0.2) is 0 Å². The molecule has 0 spiro atoms. The van der Waals surface area contributed by atoms with Gasteiger partial charge in [-0.1, -0.05) is 6.92 Å². The van der Waals surface area contributed by atoms with Crippen LogP contribution < -0.4 is 10.5 Å². The predicted octanol–water partition coefficient (Wildman–Crippen LogP) is 1.44. The van der Waals surface area contributed by atoms with Gasteiger partial charge in [-0.25, -0.2) is 4.98 Å². The third-order valence-corrected chi connectivity index (χ3v) is 4.14. The maximum atomic E-state index is 11.4. The zero-order chi connectivity index (χ0) is 11.0. The molecule has 0 aliphatic carbocycles. The molecule has 1 fully saturated rings. The highest BCUT2D eigenvalue weighted by Gasteiger charge is 2.30. The molecule has 1 N–H and O–H groups in total. The summed E-state index contributed by atoms with van der Waals surface area (Å²) in [5.41, 5.74) is -0.0914. The number of hydrogen-bond donors (Lipinski definition) is 1. The van der Waals surface area contributed by atoms with Crippen LogP contribution in [0.15, 0.2) is 11.1 Å². The van der Waals surface area contributed by atoms with Gasteiger partial charge in [-0.05, 0) is 28.5 Å². The highest BCUT2D eigenvalue weighted by atomic mass is 127. The van der Waals surface area contributed by atoms with Crippen molar-refractivity contribution in [2.24, 2.45) is 5.92 Å². The van der Waals surface area contributed by atoms with Crippen LogP contribution in [0.1, 0.15) is 6.92 Å². The van der Waals surface area contributed by atoms with E-state index in [9.17, 15) is 4.79 Å². The molecule has 6 heteroatoms. The third-order valence-electron chi connectivity index (χ3n) is 2.60. The van der Waals surface area contributed by atoms with E-state index in [-0.39, 0.29) is 10.9 Å². The van der Waals surface area contributed by atoms with E-state index in [4.69, 9.17) is 11.6 Å². The number of aromatic nitrogens is 2. The lowest BCUT2D eigenvalue weighted by molar-refractivity contribution is 0.665.